The number of benzene rings is 1. The van der Waals surface area contributed by atoms with Crippen LogP contribution in [-0.2, 0) is 63.9 Å². The molecule has 1 radical (unpaired) electrons. The van der Waals surface area contributed by atoms with Crippen molar-refractivity contribution in [3.8, 4) is 0 Å². The van der Waals surface area contributed by atoms with E-state index in [-0.39, 0.29) is 44.2 Å². The second-order valence-corrected chi connectivity index (χ2v) is 8.14. The van der Waals surface area contributed by atoms with Crippen molar-refractivity contribution in [1.29, 1.82) is 0 Å². The molecule has 1 rings (SSSR count). The number of hydrogen-bond acceptors (Lipinski definition) is 4. The third-order valence-electron chi connectivity index (χ3n) is 1.77. The molecule has 0 N–H and O–H groups in total. The van der Waals surface area contributed by atoms with Crippen molar-refractivity contribution in [3.05, 3.63) is 35.4 Å². The van der Waals surface area contributed by atoms with Crippen LogP contribution in [0.15, 0.2) is 18.2 Å². The molecule has 0 aliphatic carbocycles. The minimum atomic E-state index is -3.12. The van der Waals surface area contributed by atoms with Crippen LogP contribution in [0.5, 0.6) is 0 Å². The van der Waals surface area contributed by atoms with Gasteiger partial charge in [-0.15, -0.1) is 11.1 Å². The van der Waals surface area contributed by atoms with Crippen molar-refractivity contribution in [2.45, 2.75) is 25.4 Å². The zero-order chi connectivity index (χ0) is 14.4. The van der Waals surface area contributed by atoms with Crippen molar-refractivity contribution in [3.63, 3.8) is 0 Å². The van der Waals surface area contributed by atoms with Crippen LogP contribution in [0.25, 0.3) is 0 Å². The van der Waals surface area contributed by atoms with E-state index in [2.05, 4.69) is 6.07 Å². The molecule has 0 atom stereocenters. The molecule has 0 bridgehead atoms. The van der Waals surface area contributed by atoms with E-state index in [1.54, 1.807) is 18.2 Å². The van der Waals surface area contributed by atoms with Crippen molar-refractivity contribution in [2.24, 2.45) is 0 Å². The Morgan fingerprint density at radius 3 is 1.89 bits per heavy atom. The molecule has 0 heterocycles. The van der Waals surface area contributed by atoms with Crippen molar-refractivity contribution in [1.82, 2.24) is 0 Å². The summed E-state index contributed by atoms with van der Waals surface area (Å²) < 4.78 is 44.3. The Morgan fingerprint density at radius 2 is 1.47 bits per heavy atom. The summed E-state index contributed by atoms with van der Waals surface area (Å²) in [5, 5.41) is 0. The maximum atomic E-state index is 11.1. The summed E-state index contributed by atoms with van der Waals surface area (Å²) in [5.41, 5.74) is 1.07. The van der Waals surface area contributed by atoms with E-state index in [4.69, 9.17) is 0 Å². The van der Waals surface area contributed by atoms with Gasteiger partial charge < -0.3 is 0 Å². The van der Waals surface area contributed by atoms with Crippen molar-refractivity contribution >= 4 is 19.7 Å². The minimum absolute atomic E-state index is 0. The topological polar surface area (TPSA) is 68.3 Å². The summed E-state index contributed by atoms with van der Waals surface area (Å²) in [6.45, 7) is 4.00. The summed E-state index contributed by atoms with van der Waals surface area (Å²) in [7, 11) is -6.22. The smallest absolute Gasteiger partial charge is 0.149 e. The number of sulfone groups is 2. The summed E-state index contributed by atoms with van der Waals surface area (Å²) >= 11 is 0. The molecule has 0 fully saturated rings. The first-order valence-electron chi connectivity index (χ1n) is 5.51. The summed E-state index contributed by atoms with van der Waals surface area (Å²) in [4.78, 5) is 0. The standard InChI is InChI=1S/C10H13O4S2.C2H6.Y/c1-15(11,12)7-9-4-3-5-10(6-9)8-16(2,13)14;1-2;/h3-4,6H,7-8H2,1-2H3;1-2H3;/q-1;;. The maximum absolute atomic E-state index is 11.1. The average Bonchev–Trinajstić information content (AvgIpc) is 2.15. The first-order chi connectivity index (χ1) is 8.16. The molecule has 4 nitrogen and oxygen atoms in total. The van der Waals surface area contributed by atoms with Gasteiger partial charge in [-0.25, -0.2) is 16.8 Å². The zero-order valence-electron chi connectivity index (χ0n) is 11.7. The van der Waals surface area contributed by atoms with Gasteiger partial charge in [-0.05, 0) is 0 Å². The van der Waals surface area contributed by atoms with Gasteiger partial charge in [0.25, 0.3) is 0 Å². The summed E-state index contributed by atoms with van der Waals surface area (Å²) in [6.07, 6.45) is 2.27. The van der Waals surface area contributed by atoms with Crippen molar-refractivity contribution < 1.29 is 49.5 Å². The fraction of sp³-hybridized carbons (Fsp3) is 0.500. The zero-order valence-corrected chi connectivity index (χ0v) is 16.1. The summed E-state index contributed by atoms with van der Waals surface area (Å²) in [6, 6.07) is 7.50. The monoisotopic (exact) mass is 380 g/mol. The van der Waals surface area contributed by atoms with Crippen LogP contribution in [0.3, 0.4) is 0 Å². The molecule has 1 aromatic carbocycles. The van der Waals surface area contributed by atoms with Crippen LogP contribution < -0.4 is 0 Å². The maximum Gasteiger partial charge on any atom is 0.149 e. The van der Waals surface area contributed by atoms with E-state index in [1.807, 2.05) is 13.8 Å². The molecule has 0 amide bonds. The van der Waals surface area contributed by atoms with E-state index in [1.165, 1.54) is 0 Å². The van der Waals surface area contributed by atoms with Gasteiger partial charge in [-0.3, -0.25) is 0 Å². The van der Waals surface area contributed by atoms with Gasteiger partial charge >= 0.3 is 0 Å². The quantitative estimate of drug-likeness (QED) is 0.745. The van der Waals surface area contributed by atoms with Gasteiger partial charge in [-0.2, -0.15) is 24.3 Å². The Kier molecular flexibility index (Phi) is 10.4. The van der Waals surface area contributed by atoms with Crippen molar-refractivity contribution in [2.75, 3.05) is 12.5 Å². The van der Waals surface area contributed by atoms with E-state index >= 15 is 0 Å². The Hall–Kier alpha value is 0.224. The van der Waals surface area contributed by atoms with Crippen LogP contribution in [0, 0.1) is 6.07 Å². The molecular formula is C12H19O4S2Y-. The molecule has 0 aromatic heterocycles. The third kappa shape index (κ3) is 11.7. The molecule has 107 valence electrons. The fourth-order valence-corrected chi connectivity index (χ4v) is 2.84. The van der Waals surface area contributed by atoms with E-state index in [0.29, 0.717) is 11.1 Å². The molecule has 0 saturated carbocycles. The number of hydrogen-bond donors (Lipinski definition) is 0. The second-order valence-electron chi connectivity index (χ2n) is 3.86. The molecule has 7 heteroatoms. The molecule has 0 aliphatic heterocycles. The predicted molar refractivity (Wildman–Crippen MR) is 73.7 cm³/mol. The second kappa shape index (κ2) is 9.21. The van der Waals surface area contributed by atoms with Gasteiger partial charge in [0.1, 0.15) is 19.7 Å². The first-order valence-corrected chi connectivity index (χ1v) is 9.63. The third-order valence-corrected chi connectivity index (χ3v) is 3.47. The van der Waals surface area contributed by atoms with E-state index in [0.717, 1.165) is 12.5 Å². The largest absolute Gasteiger partial charge is 0.229 e. The van der Waals surface area contributed by atoms with Gasteiger partial charge in [-0.1, -0.05) is 13.8 Å². The SMILES string of the molecule is CC.CS(=O)(=O)Cc1[c-]ccc(CS(C)(=O)=O)c1.[Y]. The van der Waals surface area contributed by atoms with Gasteiger partial charge in [0, 0.05) is 45.2 Å². The molecule has 0 aliphatic rings. The molecular weight excluding hydrogens is 361 g/mol. The summed E-state index contributed by atoms with van der Waals surface area (Å²) in [5.74, 6) is -0.205. The van der Waals surface area contributed by atoms with Crippen LogP contribution >= 0.6 is 0 Å². The van der Waals surface area contributed by atoms with E-state index in [9.17, 15) is 16.8 Å². The Labute approximate surface area is 141 Å². The fourth-order valence-electron chi connectivity index (χ4n) is 1.33. The van der Waals surface area contributed by atoms with Gasteiger partial charge in [0.05, 0.1) is 11.5 Å². The Balaban J connectivity index is 0. The van der Waals surface area contributed by atoms with Crippen LogP contribution in [0.1, 0.15) is 25.0 Å². The Bertz CT molecular complexity index is 528. The van der Waals surface area contributed by atoms with Gasteiger partial charge in [0.15, 0.2) is 0 Å². The van der Waals surface area contributed by atoms with Crippen LogP contribution in [0.2, 0.25) is 0 Å². The average molecular weight is 380 g/mol. The van der Waals surface area contributed by atoms with Crippen LogP contribution in [0.4, 0.5) is 0 Å². The molecule has 0 spiro atoms. The van der Waals surface area contributed by atoms with Crippen LogP contribution in [-0.4, -0.2) is 29.3 Å². The molecule has 0 saturated heterocycles. The normalized spacial score (nSPS) is 10.9. The molecule has 1 aromatic rings. The predicted octanol–water partition coefficient (Wildman–Crippen LogP) is 1.60. The van der Waals surface area contributed by atoms with E-state index < -0.39 is 19.7 Å². The minimum Gasteiger partial charge on any atom is -0.229 e. The molecule has 0 unspecified atom stereocenters. The first kappa shape index (κ1) is 21.5. The Morgan fingerprint density at radius 1 is 1.00 bits per heavy atom. The number of rotatable bonds is 4. The van der Waals surface area contributed by atoms with Gasteiger partial charge in [0.2, 0.25) is 0 Å². The molecule has 19 heavy (non-hydrogen) atoms.